The van der Waals surface area contributed by atoms with Crippen LogP contribution >= 0.6 is 11.8 Å². The Labute approximate surface area is 168 Å². The fourth-order valence-corrected chi connectivity index (χ4v) is 6.24. The van der Waals surface area contributed by atoms with Gasteiger partial charge in [0.2, 0.25) is 10.0 Å². The molecule has 148 valence electrons. The van der Waals surface area contributed by atoms with Crippen molar-refractivity contribution in [2.45, 2.75) is 35.1 Å². The molecule has 1 fully saturated rings. The number of benzene rings is 2. The molecule has 5 nitrogen and oxygen atoms in total. The number of carbonyl (C=O) groups is 1. The van der Waals surface area contributed by atoms with Gasteiger partial charge in [0.25, 0.3) is 5.91 Å². The zero-order valence-electron chi connectivity index (χ0n) is 15.2. The number of thioether (sulfide) groups is 1. The average Bonchev–Trinajstić information content (AvgIpc) is 3.24. The van der Waals surface area contributed by atoms with E-state index in [1.54, 1.807) is 17.8 Å². The van der Waals surface area contributed by atoms with Crippen molar-refractivity contribution in [3.8, 4) is 0 Å². The van der Waals surface area contributed by atoms with E-state index in [4.69, 9.17) is 0 Å². The summed E-state index contributed by atoms with van der Waals surface area (Å²) in [5, 5.41) is 2.95. The Morgan fingerprint density at radius 1 is 1.11 bits per heavy atom. The van der Waals surface area contributed by atoms with Gasteiger partial charge in [-0.3, -0.25) is 4.79 Å². The summed E-state index contributed by atoms with van der Waals surface area (Å²) in [6.45, 7) is 1.08. The van der Waals surface area contributed by atoms with E-state index in [1.807, 2.05) is 0 Å². The summed E-state index contributed by atoms with van der Waals surface area (Å²) >= 11 is 1.65. The molecule has 2 aromatic carbocycles. The molecule has 2 aromatic rings. The van der Waals surface area contributed by atoms with Crippen LogP contribution in [0.2, 0.25) is 0 Å². The lowest BCUT2D eigenvalue weighted by Crippen LogP contribution is -2.31. The predicted octanol–water partition coefficient (Wildman–Crippen LogP) is 3.58. The summed E-state index contributed by atoms with van der Waals surface area (Å²) in [6, 6.07) is 10.4. The molecule has 4 rings (SSSR count). The van der Waals surface area contributed by atoms with Crippen molar-refractivity contribution in [1.82, 2.24) is 9.62 Å². The van der Waals surface area contributed by atoms with E-state index in [0.29, 0.717) is 25.1 Å². The lowest BCUT2D eigenvalue weighted by Gasteiger charge is -2.26. The van der Waals surface area contributed by atoms with Crippen molar-refractivity contribution in [2.24, 2.45) is 0 Å². The minimum atomic E-state index is -3.50. The number of rotatable bonds is 4. The van der Waals surface area contributed by atoms with Gasteiger partial charge in [-0.2, -0.15) is 4.31 Å². The summed E-state index contributed by atoms with van der Waals surface area (Å²) < 4.78 is 40.3. The largest absolute Gasteiger partial charge is 0.345 e. The molecule has 1 unspecified atom stereocenters. The van der Waals surface area contributed by atoms with Gasteiger partial charge in [0, 0.05) is 29.3 Å². The highest BCUT2D eigenvalue weighted by atomic mass is 32.2. The molecular weight excluding hydrogens is 399 g/mol. The fourth-order valence-electron chi connectivity index (χ4n) is 3.61. The second kappa shape index (κ2) is 7.85. The number of fused-ring (bicyclic) bond motifs is 1. The van der Waals surface area contributed by atoms with Crippen molar-refractivity contribution in [1.29, 1.82) is 0 Å². The maximum absolute atomic E-state index is 13.6. The smallest absolute Gasteiger partial charge is 0.251 e. The second-order valence-corrected chi connectivity index (χ2v) is 10.1. The Balaban J connectivity index is 1.50. The third-order valence-electron chi connectivity index (χ3n) is 5.14. The molecule has 1 atom stereocenters. The molecule has 1 N–H and O–H groups in total. The van der Waals surface area contributed by atoms with E-state index in [9.17, 15) is 17.6 Å². The highest BCUT2D eigenvalue weighted by Gasteiger charge is 2.28. The molecule has 0 bridgehead atoms. The van der Waals surface area contributed by atoms with Gasteiger partial charge < -0.3 is 5.32 Å². The SMILES string of the molecule is O=C(NC1CCSc2ccc(F)cc21)c1ccc(S(=O)(=O)N2CCCC2)cc1. The van der Waals surface area contributed by atoms with Crippen LogP contribution in [0, 0.1) is 5.82 Å². The normalized spacial score (nSPS) is 20.0. The second-order valence-electron chi connectivity index (χ2n) is 6.98. The van der Waals surface area contributed by atoms with Crippen LogP contribution in [0.4, 0.5) is 4.39 Å². The van der Waals surface area contributed by atoms with E-state index in [-0.39, 0.29) is 22.7 Å². The van der Waals surface area contributed by atoms with Gasteiger partial charge in [0.15, 0.2) is 0 Å². The van der Waals surface area contributed by atoms with Crippen molar-refractivity contribution < 1.29 is 17.6 Å². The lowest BCUT2D eigenvalue weighted by molar-refractivity contribution is 0.0934. The Morgan fingerprint density at radius 3 is 2.54 bits per heavy atom. The lowest BCUT2D eigenvalue weighted by atomic mass is 10.0. The van der Waals surface area contributed by atoms with Crippen LogP contribution in [0.5, 0.6) is 0 Å². The van der Waals surface area contributed by atoms with Gasteiger partial charge >= 0.3 is 0 Å². The first-order valence-corrected chi connectivity index (χ1v) is 11.7. The highest BCUT2D eigenvalue weighted by molar-refractivity contribution is 7.99. The summed E-state index contributed by atoms with van der Waals surface area (Å²) in [5.74, 6) is 0.227. The average molecular weight is 421 g/mol. The standard InChI is InChI=1S/C20H21FN2O3S2/c21-15-5-8-19-17(13-15)18(9-12-27-19)22-20(24)14-3-6-16(7-4-14)28(25,26)23-10-1-2-11-23/h3-8,13,18H,1-2,9-12H2,(H,22,24). The number of nitrogens with one attached hydrogen (secondary N) is 1. The van der Waals surface area contributed by atoms with Crippen LogP contribution in [0.1, 0.15) is 41.2 Å². The number of hydrogen-bond acceptors (Lipinski definition) is 4. The summed E-state index contributed by atoms with van der Waals surface area (Å²) in [4.78, 5) is 13.8. The minimum Gasteiger partial charge on any atom is -0.345 e. The molecule has 0 aromatic heterocycles. The third kappa shape index (κ3) is 3.81. The van der Waals surface area contributed by atoms with Crippen LogP contribution in [-0.2, 0) is 10.0 Å². The number of amides is 1. The molecule has 2 heterocycles. The first kappa shape index (κ1) is 19.4. The maximum Gasteiger partial charge on any atom is 0.251 e. The number of nitrogens with zero attached hydrogens (tertiary/aromatic N) is 1. The molecule has 1 saturated heterocycles. The van der Waals surface area contributed by atoms with Crippen LogP contribution in [0.25, 0.3) is 0 Å². The van der Waals surface area contributed by atoms with E-state index >= 15 is 0 Å². The van der Waals surface area contributed by atoms with Crippen molar-refractivity contribution in [3.63, 3.8) is 0 Å². The van der Waals surface area contributed by atoms with Gasteiger partial charge in [-0.25, -0.2) is 12.8 Å². The number of halogens is 1. The summed E-state index contributed by atoms with van der Waals surface area (Å²) in [7, 11) is -3.50. The fraction of sp³-hybridized carbons (Fsp3) is 0.350. The molecule has 2 aliphatic rings. The topological polar surface area (TPSA) is 66.5 Å². The minimum absolute atomic E-state index is 0.201. The number of hydrogen-bond donors (Lipinski definition) is 1. The molecule has 0 saturated carbocycles. The summed E-state index contributed by atoms with van der Waals surface area (Å²) in [6.07, 6.45) is 2.47. The maximum atomic E-state index is 13.6. The zero-order valence-corrected chi connectivity index (χ0v) is 16.9. The molecule has 2 aliphatic heterocycles. The Hall–Kier alpha value is -1.90. The van der Waals surface area contributed by atoms with E-state index in [1.165, 1.54) is 40.7 Å². The van der Waals surface area contributed by atoms with Gasteiger partial charge in [0.1, 0.15) is 5.82 Å². The van der Waals surface area contributed by atoms with Crippen molar-refractivity contribution in [3.05, 3.63) is 59.4 Å². The van der Waals surface area contributed by atoms with Gasteiger partial charge in [-0.1, -0.05) is 0 Å². The first-order valence-electron chi connectivity index (χ1n) is 9.28. The van der Waals surface area contributed by atoms with Gasteiger partial charge in [-0.15, -0.1) is 11.8 Å². The molecule has 0 spiro atoms. The predicted molar refractivity (Wildman–Crippen MR) is 106 cm³/mol. The number of carbonyl (C=O) groups excluding carboxylic acids is 1. The summed E-state index contributed by atoms with van der Waals surface area (Å²) in [5.41, 5.74) is 1.18. The van der Waals surface area contributed by atoms with Gasteiger partial charge in [-0.05, 0) is 67.3 Å². The van der Waals surface area contributed by atoms with Crippen LogP contribution < -0.4 is 5.32 Å². The Bertz CT molecular complexity index is 987. The van der Waals surface area contributed by atoms with Crippen LogP contribution in [0.15, 0.2) is 52.3 Å². The quantitative estimate of drug-likeness (QED) is 0.821. The molecule has 0 radical (unpaired) electrons. The van der Waals surface area contributed by atoms with E-state index in [2.05, 4.69) is 5.32 Å². The van der Waals surface area contributed by atoms with Gasteiger partial charge in [0.05, 0.1) is 10.9 Å². The molecule has 0 aliphatic carbocycles. The Kier molecular flexibility index (Phi) is 5.44. The molecular formula is C20H21FN2O3S2. The van der Waals surface area contributed by atoms with E-state index < -0.39 is 10.0 Å². The van der Waals surface area contributed by atoms with Crippen LogP contribution in [0.3, 0.4) is 0 Å². The molecule has 28 heavy (non-hydrogen) atoms. The van der Waals surface area contributed by atoms with Crippen molar-refractivity contribution in [2.75, 3.05) is 18.8 Å². The van der Waals surface area contributed by atoms with Crippen molar-refractivity contribution >= 4 is 27.7 Å². The highest BCUT2D eigenvalue weighted by Crippen LogP contribution is 2.36. The molecule has 1 amide bonds. The first-order chi connectivity index (χ1) is 13.4. The van der Waals surface area contributed by atoms with E-state index in [0.717, 1.165) is 29.1 Å². The molecule has 8 heteroatoms. The Morgan fingerprint density at radius 2 is 1.82 bits per heavy atom. The van der Waals surface area contributed by atoms with Crippen LogP contribution in [-0.4, -0.2) is 37.5 Å². The third-order valence-corrected chi connectivity index (χ3v) is 8.17. The zero-order chi connectivity index (χ0) is 19.7. The monoisotopic (exact) mass is 420 g/mol. The number of sulfonamides is 1.